The molecular formula is C19H20BrF2NO3S. The summed E-state index contributed by atoms with van der Waals surface area (Å²) >= 11 is 5.10. The predicted octanol–water partition coefficient (Wildman–Crippen LogP) is 5.20. The average Bonchev–Trinajstić information content (AvgIpc) is 2.64. The van der Waals surface area contributed by atoms with Crippen molar-refractivity contribution in [1.29, 1.82) is 0 Å². The van der Waals surface area contributed by atoms with Crippen molar-refractivity contribution < 1.29 is 23.0 Å². The zero-order chi connectivity index (χ0) is 19.8. The molecule has 27 heavy (non-hydrogen) atoms. The number of rotatable bonds is 9. The SMILES string of the molecule is COc1cc(CN(C)C(=O)CCSc2ccccc2Br)ccc1OC(F)F. The summed E-state index contributed by atoms with van der Waals surface area (Å²) in [6, 6.07) is 12.5. The van der Waals surface area contributed by atoms with Crippen LogP contribution in [0.2, 0.25) is 0 Å². The van der Waals surface area contributed by atoms with Gasteiger partial charge < -0.3 is 14.4 Å². The van der Waals surface area contributed by atoms with E-state index in [1.165, 1.54) is 13.2 Å². The summed E-state index contributed by atoms with van der Waals surface area (Å²) in [6.45, 7) is -2.57. The predicted molar refractivity (Wildman–Crippen MR) is 106 cm³/mol. The fourth-order valence-electron chi connectivity index (χ4n) is 2.37. The second-order valence-corrected chi connectivity index (χ2v) is 7.63. The van der Waals surface area contributed by atoms with E-state index in [2.05, 4.69) is 20.7 Å². The maximum atomic E-state index is 12.4. The molecular weight excluding hydrogens is 440 g/mol. The third kappa shape index (κ3) is 6.70. The van der Waals surface area contributed by atoms with Crippen LogP contribution in [0.4, 0.5) is 8.78 Å². The Morgan fingerprint density at radius 3 is 2.63 bits per heavy atom. The van der Waals surface area contributed by atoms with E-state index >= 15 is 0 Å². The van der Waals surface area contributed by atoms with Gasteiger partial charge >= 0.3 is 6.61 Å². The first-order valence-electron chi connectivity index (χ1n) is 8.13. The van der Waals surface area contributed by atoms with Crippen LogP contribution in [0.5, 0.6) is 11.5 Å². The van der Waals surface area contributed by atoms with Crippen molar-refractivity contribution in [3.63, 3.8) is 0 Å². The average molecular weight is 460 g/mol. The quantitative estimate of drug-likeness (QED) is 0.483. The van der Waals surface area contributed by atoms with Crippen LogP contribution in [0.3, 0.4) is 0 Å². The van der Waals surface area contributed by atoms with E-state index in [0.717, 1.165) is 14.9 Å². The molecule has 2 aromatic rings. The van der Waals surface area contributed by atoms with Gasteiger partial charge in [0.15, 0.2) is 11.5 Å². The lowest BCUT2D eigenvalue weighted by Gasteiger charge is -2.18. The van der Waals surface area contributed by atoms with Gasteiger partial charge in [0.25, 0.3) is 0 Å². The largest absolute Gasteiger partial charge is 0.493 e. The lowest BCUT2D eigenvalue weighted by Crippen LogP contribution is -2.26. The molecule has 4 nitrogen and oxygen atoms in total. The molecule has 2 aromatic carbocycles. The second-order valence-electron chi connectivity index (χ2n) is 5.64. The summed E-state index contributed by atoms with van der Waals surface area (Å²) in [5.41, 5.74) is 0.766. The molecule has 0 atom stereocenters. The number of ether oxygens (including phenoxy) is 2. The van der Waals surface area contributed by atoms with Gasteiger partial charge in [0.2, 0.25) is 5.91 Å². The fourth-order valence-corrected chi connectivity index (χ4v) is 3.87. The minimum atomic E-state index is -2.92. The van der Waals surface area contributed by atoms with E-state index < -0.39 is 6.61 Å². The number of amides is 1. The number of thioether (sulfide) groups is 1. The highest BCUT2D eigenvalue weighted by Gasteiger charge is 2.14. The lowest BCUT2D eigenvalue weighted by atomic mass is 10.2. The summed E-state index contributed by atoms with van der Waals surface area (Å²) in [7, 11) is 3.09. The molecule has 0 aromatic heterocycles. The number of carbonyl (C=O) groups is 1. The highest BCUT2D eigenvalue weighted by atomic mass is 79.9. The van der Waals surface area contributed by atoms with Gasteiger partial charge in [-0.05, 0) is 45.8 Å². The van der Waals surface area contributed by atoms with Crippen molar-refractivity contribution in [3.05, 3.63) is 52.5 Å². The van der Waals surface area contributed by atoms with E-state index in [9.17, 15) is 13.6 Å². The molecule has 0 aliphatic carbocycles. The molecule has 0 aliphatic heterocycles. The van der Waals surface area contributed by atoms with Crippen LogP contribution in [-0.4, -0.2) is 37.3 Å². The van der Waals surface area contributed by atoms with Crippen LogP contribution < -0.4 is 9.47 Å². The Labute approximate surface area is 170 Å². The smallest absolute Gasteiger partial charge is 0.387 e. The number of methoxy groups -OCH3 is 1. The number of hydrogen-bond donors (Lipinski definition) is 0. The number of carbonyl (C=O) groups excluding carboxylic acids is 1. The lowest BCUT2D eigenvalue weighted by molar-refractivity contribution is -0.129. The minimum absolute atomic E-state index is 0.00132. The minimum Gasteiger partial charge on any atom is -0.493 e. The maximum absolute atomic E-state index is 12.4. The third-order valence-corrected chi connectivity index (χ3v) is 5.73. The second kappa shape index (κ2) is 10.5. The molecule has 1 amide bonds. The Morgan fingerprint density at radius 2 is 1.96 bits per heavy atom. The summed E-state index contributed by atoms with van der Waals surface area (Å²) in [4.78, 5) is 15.0. The molecule has 0 bridgehead atoms. The molecule has 0 saturated heterocycles. The molecule has 0 heterocycles. The van der Waals surface area contributed by atoms with Crippen LogP contribution >= 0.6 is 27.7 Å². The fraction of sp³-hybridized carbons (Fsp3) is 0.316. The van der Waals surface area contributed by atoms with Crippen LogP contribution in [0.1, 0.15) is 12.0 Å². The zero-order valence-electron chi connectivity index (χ0n) is 15.0. The summed E-state index contributed by atoms with van der Waals surface area (Å²) in [5, 5.41) is 0. The molecule has 0 unspecified atom stereocenters. The Hall–Kier alpha value is -1.80. The van der Waals surface area contributed by atoms with Crippen molar-refractivity contribution in [1.82, 2.24) is 4.90 Å². The maximum Gasteiger partial charge on any atom is 0.387 e. The molecule has 0 aliphatic rings. The van der Waals surface area contributed by atoms with Crippen molar-refractivity contribution >= 4 is 33.6 Å². The molecule has 0 fully saturated rings. The summed E-state index contributed by atoms with van der Waals surface area (Å²) < 4.78 is 35.3. The number of halogens is 3. The molecule has 2 rings (SSSR count). The van der Waals surface area contributed by atoms with E-state index in [0.29, 0.717) is 18.7 Å². The first kappa shape index (κ1) is 21.5. The van der Waals surface area contributed by atoms with Gasteiger partial charge in [0.05, 0.1) is 7.11 Å². The molecule has 0 radical (unpaired) electrons. The molecule has 0 N–H and O–H groups in total. The van der Waals surface area contributed by atoms with E-state index in [1.54, 1.807) is 35.8 Å². The number of hydrogen-bond acceptors (Lipinski definition) is 4. The molecule has 0 spiro atoms. The van der Waals surface area contributed by atoms with Crippen molar-refractivity contribution in [3.8, 4) is 11.5 Å². The standard InChI is InChI=1S/C19H20BrF2NO3S/c1-23(18(24)9-10-27-17-6-4-3-5-14(17)20)12-13-7-8-15(26-19(21)22)16(11-13)25-2/h3-8,11,19H,9-10,12H2,1-2H3. The van der Waals surface area contributed by atoms with Crippen molar-refractivity contribution in [2.45, 2.75) is 24.5 Å². The highest BCUT2D eigenvalue weighted by molar-refractivity contribution is 9.10. The summed E-state index contributed by atoms with van der Waals surface area (Å²) in [6.07, 6.45) is 0.395. The third-order valence-electron chi connectivity index (χ3n) is 3.70. The van der Waals surface area contributed by atoms with E-state index in [4.69, 9.17) is 4.74 Å². The zero-order valence-corrected chi connectivity index (χ0v) is 17.4. The Morgan fingerprint density at radius 1 is 1.22 bits per heavy atom. The first-order valence-corrected chi connectivity index (χ1v) is 9.91. The van der Waals surface area contributed by atoms with Gasteiger partial charge in [-0.15, -0.1) is 11.8 Å². The first-order chi connectivity index (χ1) is 12.9. The van der Waals surface area contributed by atoms with Gasteiger partial charge in [0, 0.05) is 35.1 Å². The monoisotopic (exact) mass is 459 g/mol. The Kier molecular flexibility index (Phi) is 8.37. The van der Waals surface area contributed by atoms with Crippen molar-refractivity contribution in [2.24, 2.45) is 0 Å². The number of benzene rings is 2. The van der Waals surface area contributed by atoms with Gasteiger partial charge in [-0.3, -0.25) is 4.79 Å². The number of nitrogens with zero attached hydrogens (tertiary/aromatic N) is 1. The topological polar surface area (TPSA) is 38.8 Å². The van der Waals surface area contributed by atoms with Gasteiger partial charge in [-0.2, -0.15) is 8.78 Å². The van der Waals surface area contributed by atoms with Crippen LogP contribution in [0, 0.1) is 0 Å². The van der Waals surface area contributed by atoms with Crippen LogP contribution in [0.15, 0.2) is 51.8 Å². The van der Waals surface area contributed by atoms with Crippen LogP contribution in [0.25, 0.3) is 0 Å². The van der Waals surface area contributed by atoms with Gasteiger partial charge in [-0.1, -0.05) is 18.2 Å². The number of alkyl halides is 2. The molecule has 146 valence electrons. The van der Waals surface area contributed by atoms with Crippen molar-refractivity contribution in [2.75, 3.05) is 19.9 Å². The summed E-state index contributed by atoms with van der Waals surface area (Å²) in [5.74, 6) is 0.839. The van der Waals surface area contributed by atoms with E-state index in [-0.39, 0.29) is 17.4 Å². The van der Waals surface area contributed by atoms with Gasteiger partial charge in [-0.25, -0.2) is 0 Å². The molecule has 8 heteroatoms. The Balaban J connectivity index is 1.89. The molecule has 0 saturated carbocycles. The van der Waals surface area contributed by atoms with Gasteiger partial charge in [0.1, 0.15) is 0 Å². The highest BCUT2D eigenvalue weighted by Crippen LogP contribution is 2.30. The normalized spacial score (nSPS) is 10.7. The Bertz CT molecular complexity index is 776. The van der Waals surface area contributed by atoms with E-state index in [1.807, 2.05) is 24.3 Å². The van der Waals surface area contributed by atoms with Crippen LogP contribution in [-0.2, 0) is 11.3 Å².